The van der Waals surface area contributed by atoms with Crippen LogP contribution in [0.4, 0.5) is 0 Å². The molecule has 2 rings (SSSR count). The lowest BCUT2D eigenvalue weighted by molar-refractivity contribution is -0.148. The Labute approximate surface area is 151 Å². The number of rotatable bonds is 5. The molecule has 1 aliphatic heterocycles. The minimum absolute atomic E-state index is 0.0523. The summed E-state index contributed by atoms with van der Waals surface area (Å²) in [5.41, 5.74) is 0. The van der Waals surface area contributed by atoms with Crippen LogP contribution in [0.1, 0.15) is 65.2 Å². The van der Waals surface area contributed by atoms with Crippen LogP contribution in [0.3, 0.4) is 0 Å². The second-order valence-corrected chi connectivity index (χ2v) is 7.70. The van der Waals surface area contributed by atoms with Crippen LogP contribution in [0.2, 0.25) is 0 Å². The molecule has 0 bridgehead atoms. The van der Waals surface area contributed by atoms with Crippen molar-refractivity contribution in [3.8, 4) is 0 Å². The molecule has 1 aliphatic carbocycles. The summed E-state index contributed by atoms with van der Waals surface area (Å²) in [4.78, 5) is 39.6. The van der Waals surface area contributed by atoms with E-state index in [2.05, 4.69) is 5.32 Å². The molecule has 0 unspecified atom stereocenters. The van der Waals surface area contributed by atoms with Gasteiger partial charge >= 0.3 is 11.8 Å². The van der Waals surface area contributed by atoms with Crippen molar-refractivity contribution in [2.24, 2.45) is 5.92 Å². The summed E-state index contributed by atoms with van der Waals surface area (Å²) < 4.78 is 0. The third kappa shape index (κ3) is 6.33. The van der Waals surface area contributed by atoms with Crippen molar-refractivity contribution in [1.82, 2.24) is 15.1 Å². The number of hydrogen-bond acceptors (Lipinski definition) is 3. The molecule has 0 aromatic rings. The van der Waals surface area contributed by atoms with E-state index in [0.29, 0.717) is 32.6 Å². The zero-order valence-electron chi connectivity index (χ0n) is 15.8. The summed E-state index contributed by atoms with van der Waals surface area (Å²) in [6, 6.07) is -0.0523. The van der Waals surface area contributed by atoms with E-state index < -0.39 is 11.8 Å². The maximum Gasteiger partial charge on any atom is 0.312 e. The van der Waals surface area contributed by atoms with Crippen molar-refractivity contribution in [1.29, 1.82) is 0 Å². The Morgan fingerprint density at radius 3 is 2.16 bits per heavy atom. The maximum atomic E-state index is 12.3. The standard InChI is InChI=1S/C19H33N3O3/c1-15(2)20-18(24)19(25)22-13-11-21(12-14-22)17(23)10-6-9-16-7-4-3-5-8-16/h15-16H,3-14H2,1-2H3,(H,20,24). The number of nitrogens with one attached hydrogen (secondary N) is 1. The molecule has 1 heterocycles. The van der Waals surface area contributed by atoms with Crippen molar-refractivity contribution < 1.29 is 14.4 Å². The first kappa shape index (κ1) is 19.7. The topological polar surface area (TPSA) is 69.7 Å². The number of carbonyl (C=O) groups is 3. The van der Waals surface area contributed by atoms with Crippen LogP contribution in [0.25, 0.3) is 0 Å². The molecule has 2 aliphatic rings. The fraction of sp³-hybridized carbons (Fsp3) is 0.842. The summed E-state index contributed by atoms with van der Waals surface area (Å²) in [5, 5.41) is 2.62. The van der Waals surface area contributed by atoms with Gasteiger partial charge in [-0.25, -0.2) is 0 Å². The zero-order valence-corrected chi connectivity index (χ0v) is 15.8. The van der Waals surface area contributed by atoms with Crippen molar-refractivity contribution in [2.75, 3.05) is 26.2 Å². The highest BCUT2D eigenvalue weighted by atomic mass is 16.2. The van der Waals surface area contributed by atoms with Gasteiger partial charge in [0.2, 0.25) is 5.91 Å². The Bertz CT molecular complexity index is 465. The normalized spacial score (nSPS) is 19.2. The van der Waals surface area contributed by atoms with Crippen LogP contribution in [0, 0.1) is 5.92 Å². The minimum atomic E-state index is -0.553. The number of hydrogen-bond donors (Lipinski definition) is 1. The Morgan fingerprint density at radius 2 is 1.56 bits per heavy atom. The third-order valence-electron chi connectivity index (χ3n) is 5.26. The molecule has 2 fully saturated rings. The van der Waals surface area contributed by atoms with Crippen LogP contribution < -0.4 is 5.32 Å². The van der Waals surface area contributed by atoms with E-state index in [0.717, 1.165) is 12.3 Å². The van der Waals surface area contributed by atoms with Crippen LogP contribution in [-0.2, 0) is 14.4 Å². The molecular weight excluding hydrogens is 318 g/mol. The van der Waals surface area contributed by atoms with Crippen molar-refractivity contribution in [3.63, 3.8) is 0 Å². The van der Waals surface area contributed by atoms with E-state index in [4.69, 9.17) is 0 Å². The summed E-state index contributed by atoms with van der Waals surface area (Å²) in [7, 11) is 0. The predicted octanol–water partition coefficient (Wildman–Crippen LogP) is 1.93. The molecule has 142 valence electrons. The molecule has 0 aromatic heterocycles. The quantitative estimate of drug-likeness (QED) is 0.770. The summed E-state index contributed by atoms with van der Waals surface area (Å²) >= 11 is 0. The Morgan fingerprint density at radius 1 is 0.960 bits per heavy atom. The van der Waals surface area contributed by atoms with Crippen LogP contribution in [0.5, 0.6) is 0 Å². The average molecular weight is 351 g/mol. The first-order valence-corrected chi connectivity index (χ1v) is 9.85. The number of amides is 3. The Kier molecular flexibility index (Phi) is 7.72. The van der Waals surface area contributed by atoms with E-state index in [1.165, 1.54) is 38.5 Å². The lowest BCUT2D eigenvalue weighted by Crippen LogP contribution is -2.54. The Balaban J connectivity index is 1.65. The smallest absolute Gasteiger partial charge is 0.312 e. The highest BCUT2D eigenvalue weighted by Crippen LogP contribution is 2.27. The number of piperazine rings is 1. The molecule has 3 amide bonds. The van der Waals surface area contributed by atoms with Crippen LogP contribution in [0.15, 0.2) is 0 Å². The van der Waals surface area contributed by atoms with E-state index >= 15 is 0 Å². The SMILES string of the molecule is CC(C)NC(=O)C(=O)N1CCN(C(=O)CCCC2CCCCC2)CC1. The molecule has 0 radical (unpaired) electrons. The van der Waals surface area contributed by atoms with Gasteiger partial charge in [0.1, 0.15) is 0 Å². The number of carbonyl (C=O) groups excluding carboxylic acids is 3. The first-order valence-electron chi connectivity index (χ1n) is 9.85. The van der Waals surface area contributed by atoms with E-state index in [1.807, 2.05) is 18.7 Å². The molecule has 1 saturated heterocycles. The number of nitrogens with zero attached hydrogens (tertiary/aromatic N) is 2. The van der Waals surface area contributed by atoms with Gasteiger partial charge in [0.25, 0.3) is 0 Å². The van der Waals surface area contributed by atoms with Gasteiger partial charge in [-0.2, -0.15) is 0 Å². The van der Waals surface area contributed by atoms with Crippen LogP contribution >= 0.6 is 0 Å². The minimum Gasteiger partial charge on any atom is -0.346 e. The van der Waals surface area contributed by atoms with Gasteiger partial charge < -0.3 is 15.1 Å². The second kappa shape index (κ2) is 9.78. The highest BCUT2D eigenvalue weighted by Gasteiger charge is 2.28. The van der Waals surface area contributed by atoms with Gasteiger partial charge in [-0.15, -0.1) is 0 Å². The van der Waals surface area contributed by atoms with Crippen LogP contribution in [-0.4, -0.2) is 59.7 Å². The van der Waals surface area contributed by atoms with Gasteiger partial charge in [-0.1, -0.05) is 32.1 Å². The van der Waals surface area contributed by atoms with Gasteiger partial charge in [0.15, 0.2) is 0 Å². The fourth-order valence-corrected chi connectivity index (χ4v) is 3.80. The van der Waals surface area contributed by atoms with Gasteiger partial charge in [-0.05, 0) is 32.6 Å². The van der Waals surface area contributed by atoms with E-state index in [-0.39, 0.29) is 11.9 Å². The molecule has 0 spiro atoms. The van der Waals surface area contributed by atoms with Crippen molar-refractivity contribution in [2.45, 2.75) is 71.3 Å². The predicted molar refractivity (Wildman–Crippen MR) is 96.9 cm³/mol. The second-order valence-electron chi connectivity index (χ2n) is 7.70. The van der Waals surface area contributed by atoms with E-state index in [1.54, 1.807) is 4.90 Å². The summed E-state index contributed by atoms with van der Waals surface area (Å²) in [5.74, 6) is -0.0367. The molecule has 6 nitrogen and oxygen atoms in total. The molecule has 6 heteroatoms. The third-order valence-corrected chi connectivity index (χ3v) is 5.26. The zero-order chi connectivity index (χ0) is 18.2. The monoisotopic (exact) mass is 351 g/mol. The van der Waals surface area contributed by atoms with E-state index in [9.17, 15) is 14.4 Å². The van der Waals surface area contributed by atoms with Crippen molar-refractivity contribution >= 4 is 17.7 Å². The van der Waals surface area contributed by atoms with Gasteiger partial charge in [0.05, 0.1) is 0 Å². The molecule has 1 N–H and O–H groups in total. The Hall–Kier alpha value is -1.59. The summed E-state index contributed by atoms with van der Waals surface area (Å²) in [6.07, 6.45) is 9.46. The summed E-state index contributed by atoms with van der Waals surface area (Å²) in [6.45, 7) is 5.60. The fourth-order valence-electron chi connectivity index (χ4n) is 3.80. The van der Waals surface area contributed by atoms with Crippen molar-refractivity contribution in [3.05, 3.63) is 0 Å². The molecule has 1 saturated carbocycles. The van der Waals surface area contributed by atoms with Gasteiger partial charge in [0, 0.05) is 38.6 Å². The molecule has 0 atom stereocenters. The molecular formula is C19H33N3O3. The highest BCUT2D eigenvalue weighted by molar-refractivity contribution is 6.35. The lowest BCUT2D eigenvalue weighted by atomic mass is 9.86. The largest absolute Gasteiger partial charge is 0.346 e. The first-order chi connectivity index (χ1) is 12.0. The maximum absolute atomic E-state index is 12.3. The lowest BCUT2D eigenvalue weighted by Gasteiger charge is -2.34. The van der Waals surface area contributed by atoms with Gasteiger partial charge in [-0.3, -0.25) is 14.4 Å². The average Bonchev–Trinajstić information content (AvgIpc) is 2.61. The molecule has 0 aromatic carbocycles. The molecule has 25 heavy (non-hydrogen) atoms.